The van der Waals surface area contributed by atoms with Gasteiger partial charge in [-0.05, 0) is 12.3 Å². The van der Waals surface area contributed by atoms with Crippen molar-refractivity contribution in [1.82, 2.24) is 5.32 Å². The Bertz CT molecular complexity index is 178. The first-order valence-corrected chi connectivity index (χ1v) is 4.32. The number of carboxylic acids is 1. The van der Waals surface area contributed by atoms with Crippen LogP contribution in [0.1, 0.15) is 20.3 Å². The predicted octanol–water partition coefficient (Wildman–Crippen LogP) is 0.581. The van der Waals surface area contributed by atoms with Gasteiger partial charge >= 0.3 is 5.97 Å². The molecule has 0 aliphatic heterocycles. The summed E-state index contributed by atoms with van der Waals surface area (Å²) in [5.41, 5.74) is 0. The molecule has 0 heterocycles. The molecule has 0 saturated heterocycles. The molecule has 3 N–H and O–H groups in total. The highest BCUT2D eigenvalue weighted by molar-refractivity contribution is 5.79. The van der Waals surface area contributed by atoms with Gasteiger partial charge in [0.15, 0.2) is 0 Å². The molecular formula is C9H17NO3. The van der Waals surface area contributed by atoms with E-state index in [0.717, 1.165) is 12.5 Å². The van der Waals surface area contributed by atoms with E-state index in [4.69, 9.17) is 10.2 Å². The summed E-state index contributed by atoms with van der Waals surface area (Å²) in [6.45, 7) is 4.11. The van der Waals surface area contributed by atoms with Gasteiger partial charge in [0.25, 0.3) is 0 Å². The Labute approximate surface area is 78.3 Å². The molecule has 13 heavy (non-hydrogen) atoms. The Hall–Kier alpha value is -1.03. The molecule has 0 saturated carbocycles. The van der Waals surface area contributed by atoms with E-state index in [2.05, 4.69) is 5.32 Å². The van der Waals surface area contributed by atoms with Crippen molar-refractivity contribution >= 4 is 5.97 Å². The molecule has 1 unspecified atom stereocenters. The molecule has 0 rings (SSSR count). The zero-order valence-corrected chi connectivity index (χ0v) is 8.03. The van der Waals surface area contributed by atoms with E-state index in [9.17, 15) is 4.79 Å². The van der Waals surface area contributed by atoms with E-state index >= 15 is 0 Å². The fraction of sp³-hybridized carbons (Fsp3) is 0.667. The number of hydrogen-bond acceptors (Lipinski definition) is 3. The lowest BCUT2D eigenvalue weighted by atomic mass is 10.0. The minimum atomic E-state index is -0.992. The Morgan fingerprint density at radius 2 is 2.15 bits per heavy atom. The summed E-state index contributed by atoms with van der Waals surface area (Å²) in [5.74, 6) is -0.517. The van der Waals surface area contributed by atoms with Crippen LogP contribution in [0.25, 0.3) is 0 Å². The molecule has 4 heteroatoms. The van der Waals surface area contributed by atoms with Gasteiger partial charge in [-0.1, -0.05) is 13.8 Å². The van der Waals surface area contributed by atoms with E-state index in [1.807, 2.05) is 13.8 Å². The maximum atomic E-state index is 10.1. The van der Waals surface area contributed by atoms with Crippen LogP contribution in [0.15, 0.2) is 12.3 Å². The quantitative estimate of drug-likeness (QED) is 0.532. The van der Waals surface area contributed by atoms with Gasteiger partial charge in [0.2, 0.25) is 0 Å². The molecular weight excluding hydrogens is 170 g/mol. The third kappa shape index (κ3) is 7.33. The lowest BCUT2D eigenvalue weighted by Crippen LogP contribution is -2.29. The van der Waals surface area contributed by atoms with Crippen molar-refractivity contribution in [3.63, 3.8) is 0 Å². The summed E-state index contributed by atoms with van der Waals surface area (Å²) in [4.78, 5) is 10.1. The third-order valence-electron chi connectivity index (χ3n) is 1.53. The number of rotatable bonds is 6. The van der Waals surface area contributed by atoms with Crippen LogP contribution in [0.3, 0.4) is 0 Å². The van der Waals surface area contributed by atoms with Gasteiger partial charge in [-0.15, -0.1) is 0 Å². The molecule has 0 radical (unpaired) electrons. The minimum absolute atomic E-state index is 0.0160. The van der Waals surface area contributed by atoms with Crippen molar-refractivity contribution in [3.8, 4) is 0 Å². The number of hydrogen-bond donors (Lipinski definition) is 3. The van der Waals surface area contributed by atoms with Crippen LogP contribution in [0.5, 0.6) is 0 Å². The van der Waals surface area contributed by atoms with Gasteiger partial charge in [0.1, 0.15) is 0 Å². The lowest BCUT2D eigenvalue weighted by Gasteiger charge is -2.16. The highest BCUT2D eigenvalue weighted by atomic mass is 16.4. The number of aliphatic carboxylic acids is 1. The lowest BCUT2D eigenvalue weighted by molar-refractivity contribution is -0.131. The Morgan fingerprint density at radius 3 is 2.54 bits per heavy atom. The Kier molecular flexibility index (Phi) is 5.97. The van der Waals surface area contributed by atoms with Crippen LogP contribution in [-0.2, 0) is 4.79 Å². The van der Waals surface area contributed by atoms with Crippen molar-refractivity contribution in [2.75, 3.05) is 6.61 Å². The first-order chi connectivity index (χ1) is 6.06. The summed E-state index contributed by atoms with van der Waals surface area (Å²) < 4.78 is 0. The van der Waals surface area contributed by atoms with Gasteiger partial charge in [0.05, 0.1) is 6.61 Å². The van der Waals surface area contributed by atoms with Crippen LogP contribution in [0.4, 0.5) is 0 Å². The van der Waals surface area contributed by atoms with Gasteiger partial charge in [-0.2, -0.15) is 0 Å². The van der Waals surface area contributed by atoms with E-state index in [1.165, 1.54) is 6.20 Å². The van der Waals surface area contributed by atoms with Crippen molar-refractivity contribution in [2.24, 2.45) is 5.92 Å². The van der Waals surface area contributed by atoms with E-state index in [1.54, 1.807) is 0 Å². The van der Waals surface area contributed by atoms with Crippen molar-refractivity contribution in [1.29, 1.82) is 0 Å². The number of nitrogens with one attached hydrogen (secondary N) is 1. The monoisotopic (exact) mass is 187 g/mol. The molecule has 0 bridgehead atoms. The zero-order valence-electron chi connectivity index (χ0n) is 8.03. The molecule has 0 aromatic rings. The summed E-state index contributed by atoms with van der Waals surface area (Å²) in [7, 11) is 0. The molecule has 0 spiro atoms. The van der Waals surface area contributed by atoms with E-state index < -0.39 is 5.97 Å². The van der Waals surface area contributed by atoms with Crippen molar-refractivity contribution in [2.45, 2.75) is 26.3 Å². The second kappa shape index (κ2) is 6.48. The molecule has 76 valence electrons. The normalized spacial score (nSPS) is 13.5. The summed E-state index contributed by atoms with van der Waals surface area (Å²) in [6, 6.07) is -0.0596. The summed E-state index contributed by atoms with van der Waals surface area (Å²) >= 11 is 0. The first-order valence-electron chi connectivity index (χ1n) is 4.32. The van der Waals surface area contributed by atoms with Crippen molar-refractivity contribution in [3.05, 3.63) is 12.3 Å². The topological polar surface area (TPSA) is 69.6 Å². The Balaban J connectivity index is 3.78. The average molecular weight is 187 g/mol. The van der Waals surface area contributed by atoms with Crippen molar-refractivity contribution < 1.29 is 15.0 Å². The fourth-order valence-electron chi connectivity index (χ4n) is 1.02. The molecule has 1 atom stereocenters. The largest absolute Gasteiger partial charge is 0.478 e. The fourth-order valence-corrected chi connectivity index (χ4v) is 1.02. The number of carbonyl (C=O) groups is 1. The molecule has 0 aliphatic rings. The van der Waals surface area contributed by atoms with Crippen LogP contribution < -0.4 is 5.32 Å². The molecule has 0 aliphatic carbocycles. The van der Waals surface area contributed by atoms with Crippen LogP contribution in [0, 0.1) is 5.92 Å². The van der Waals surface area contributed by atoms with Crippen LogP contribution >= 0.6 is 0 Å². The average Bonchev–Trinajstić information content (AvgIpc) is 2.01. The highest BCUT2D eigenvalue weighted by Gasteiger charge is 2.06. The summed E-state index contributed by atoms with van der Waals surface area (Å²) in [6.07, 6.45) is 3.19. The number of aliphatic hydroxyl groups excluding tert-OH is 1. The van der Waals surface area contributed by atoms with Crippen LogP contribution in [-0.4, -0.2) is 28.8 Å². The highest BCUT2D eigenvalue weighted by Crippen LogP contribution is 2.03. The third-order valence-corrected chi connectivity index (χ3v) is 1.53. The maximum Gasteiger partial charge on any atom is 0.329 e. The van der Waals surface area contributed by atoms with Gasteiger partial charge < -0.3 is 15.5 Å². The summed E-state index contributed by atoms with van der Waals surface area (Å²) in [5, 5.41) is 20.0. The maximum absolute atomic E-state index is 10.1. The Morgan fingerprint density at radius 1 is 1.54 bits per heavy atom. The second-order valence-corrected chi connectivity index (χ2v) is 3.35. The predicted molar refractivity (Wildman–Crippen MR) is 50.2 cm³/mol. The van der Waals surface area contributed by atoms with Gasteiger partial charge in [0, 0.05) is 18.3 Å². The molecule has 0 amide bonds. The second-order valence-electron chi connectivity index (χ2n) is 3.35. The van der Waals surface area contributed by atoms with E-state index in [-0.39, 0.29) is 12.6 Å². The SMILES string of the molecule is CC(C)CC(CO)N/C=C/C(=O)O. The standard InChI is InChI=1S/C9H17NO3/c1-7(2)5-8(6-11)10-4-3-9(12)13/h3-4,7-8,10-11H,5-6H2,1-2H3,(H,12,13)/b4-3+. The molecule has 0 aromatic carbocycles. The number of aliphatic hydroxyl groups is 1. The van der Waals surface area contributed by atoms with Gasteiger partial charge in [-0.25, -0.2) is 4.79 Å². The van der Waals surface area contributed by atoms with E-state index in [0.29, 0.717) is 5.92 Å². The van der Waals surface area contributed by atoms with Gasteiger partial charge in [-0.3, -0.25) is 0 Å². The molecule has 0 fully saturated rings. The first kappa shape index (κ1) is 12.0. The van der Waals surface area contributed by atoms with Crippen LogP contribution in [0.2, 0.25) is 0 Å². The number of carboxylic acid groups (broad SMARTS) is 1. The molecule has 0 aromatic heterocycles. The zero-order chi connectivity index (χ0) is 10.3. The minimum Gasteiger partial charge on any atom is -0.478 e. The smallest absolute Gasteiger partial charge is 0.329 e. The molecule has 4 nitrogen and oxygen atoms in total.